The molecule has 0 saturated carbocycles. The van der Waals surface area contributed by atoms with E-state index < -0.39 is 10.0 Å². The van der Waals surface area contributed by atoms with Crippen LogP contribution in [0, 0.1) is 0 Å². The number of benzene rings is 1. The fourth-order valence-electron chi connectivity index (χ4n) is 2.11. The first-order valence-corrected chi connectivity index (χ1v) is 8.57. The molecule has 1 N–H and O–H groups in total. The van der Waals surface area contributed by atoms with E-state index in [2.05, 4.69) is 10.3 Å². The second-order valence-electron chi connectivity index (χ2n) is 5.11. The monoisotopic (exact) mass is 333 g/mol. The summed E-state index contributed by atoms with van der Waals surface area (Å²) >= 11 is 0. The number of aromatic nitrogens is 1. The Bertz CT molecular complexity index is 776. The lowest BCUT2D eigenvalue weighted by atomic mass is 10.2. The molecule has 6 nitrogen and oxygen atoms in total. The van der Waals surface area contributed by atoms with Crippen LogP contribution in [0.2, 0.25) is 0 Å². The van der Waals surface area contributed by atoms with Crippen molar-refractivity contribution in [3.63, 3.8) is 0 Å². The highest BCUT2D eigenvalue weighted by molar-refractivity contribution is 7.89. The van der Waals surface area contributed by atoms with Gasteiger partial charge in [-0.25, -0.2) is 12.7 Å². The summed E-state index contributed by atoms with van der Waals surface area (Å²) in [6.07, 6.45) is 3.94. The van der Waals surface area contributed by atoms with Crippen LogP contribution in [0.25, 0.3) is 0 Å². The Morgan fingerprint density at radius 2 is 1.83 bits per heavy atom. The van der Waals surface area contributed by atoms with Crippen LogP contribution in [-0.4, -0.2) is 37.2 Å². The summed E-state index contributed by atoms with van der Waals surface area (Å²) in [6, 6.07) is 10.1. The van der Waals surface area contributed by atoms with E-state index in [1.807, 2.05) is 12.1 Å². The maximum absolute atomic E-state index is 12.7. The zero-order chi connectivity index (χ0) is 16.9. The Hall–Kier alpha value is -2.25. The number of anilines is 1. The molecule has 0 spiro atoms. The van der Waals surface area contributed by atoms with E-state index in [-0.39, 0.29) is 16.5 Å². The molecule has 1 aromatic carbocycles. The van der Waals surface area contributed by atoms with Crippen LogP contribution in [0.15, 0.2) is 53.7 Å². The van der Waals surface area contributed by atoms with Crippen LogP contribution in [0.1, 0.15) is 12.5 Å². The first-order chi connectivity index (χ1) is 10.9. The number of amides is 1. The second kappa shape index (κ2) is 7.34. The molecule has 0 saturated heterocycles. The van der Waals surface area contributed by atoms with Crippen LogP contribution >= 0.6 is 0 Å². The average molecular weight is 333 g/mol. The molecule has 0 atom stereocenters. The average Bonchev–Trinajstić information content (AvgIpc) is 2.53. The minimum atomic E-state index is -3.68. The fourth-order valence-corrected chi connectivity index (χ4v) is 3.42. The molecule has 2 aromatic rings. The Morgan fingerprint density at radius 1 is 1.17 bits per heavy atom. The van der Waals surface area contributed by atoms with Crippen molar-refractivity contribution in [2.45, 2.75) is 18.2 Å². The zero-order valence-electron chi connectivity index (χ0n) is 13.1. The summed E-state index contributed by atoms with van der Waals surface area (Å²) in [5.74, 6) is -0.313. The van der Waals surface area contributed by atoms with Gasteiger partial charge in [0.15, 0.2) is 0 Å². The molecule has 2 rings (SSSR count). The molecule has 0 aliphatic heterocycles. The maximum atomic E-state index is 12.7. The van der Waals surface area contributed by atoms with Gasteiger partial charge in [-0.15, -0.1) is 0 Å². The summed E-state index contributed by atoms with van der Waals surface area (Å²) in [6.45, 7) is 1.68. The molecule has 1 heterocycles. The van der Waals surface area contributed by atoms with Gasteiger partial charge in [0, 0.05) is 32.9 Å². The highest BCUT2D eigenvalue weighted by atomic mass is 32.2. The third-order valence-electron chi connectivity index (χ3n) is 3.35. The third kappa shape index (κ3) is 4.37. The van der Waals surface area contributed by atoms with Gasteiger partial charge in [-0.1, -0.05) is 12.1 Å². The molecule has 0 unspecified atom stereocenters. The van der Waals surface area contributed by atoms with Gasteiger partial charge in [-0.05, 0) is 36.2 Å². The molecular formula is C16H19N3O3S. The number of para-hydroxylation sites is 1. The summed E-state index contributed by atoms with van der Waals surface area (Å²) < 4.78 is 26.7. The molecular weight excluding hydrogens is 314 g/mol. The summed E-state index contributed by atoms with van der Waals surface area (Å²) in [4.78, 5) is 15.3. The minimum Gasteiger partial charge on any atom is -0.325 e. The van der Waals surface area contributed by atoms with Gasteiger partial charge >= 0.3 is 0 Å². The van der Waals surface area contributed by atoms with E-state index in [4.69, 9.17) is 0 Å². The maximum Gasteiger partial charge on any atom is 0.244 e. The lowest BCUT2D eigenvalue weighted by Crippen LogP contribution is -2.30. The molecule has 0 fully saturated rings. The Morgan fingerprint density at radius 3 is 2.48 bits per heavy atom. The largest absolute Gasteiger partial charge is 0.325 e. The van der Waals surface area contributed by atoms with Gasteiger partial charge in [0.2, 0.25) is 15.9 Å². The number of nitrogens with zero attached hydrogens (tertiary/aromatic N) is 2. The predicted octanol–water partition coefficient (Wildman–Crippen LogP) is 1.90. The minimum absolute atomic E-state index is 0.0902. The Kier molecular flexibility index (Phi) is 5.46. The van der Waals surface area contributed by atoms with Crippen molar-refractivity contribution < 1.29 is 13.2 Å². The van der Waals surface area contributed by atoms with E-state index in [0.717, 1.165) is 5.56 Å². The van der Waals surface area contributed by atoms with Crippen LogP contribution in [0.3, 0.4) is 0 Å². The van der Waals surface area contributed by atoms with Gasteiger partial charge in [-0.2, -0.15) is 0 Å². The molecule has 0 radical (unpaired) electrons. The molecule has 122 valence electrons. The standard InChI is InChI=1S/C16H19N3O3S/c1-13(20)18-15-5-3-4-6-16(15)23(21,22)19(2)12-9-14-7-10-17-11-8-14/h3-8,10-11H,9,12H2,1-2H3,(H,18,20). The molecule has 1 amide bonds. The number of carbonyl (C=O) groups excluding carboxylic acids is 1. The molecule has 7 heteroatoms. The fraction of sp³-hybridized carbons (Fsp3) is 0.250. The lowest BCUT2D eigenvalue weighted by Gasteiger charge is -2.19. The van der Waals surface area contributed by atoms with Crippen molar-refractivity contribution in [2.75, 3.05) is 18.9 Å². The zero-order valence-corrected chi connectivity index (χ0v) is 13.9. The number of rotatable bonds is 6. The first-order valence-electron chi connectivity index (χ1n) is 7.13. The SMILES string of the molecule is CC(=O)Nc1ccccc1S(=O)(=O)N(C)CCc1ccncc1. The Balaban J connectivity index is 2.19. The van der Waals surface area contributed by atoms with Crippen molar-refractivity contribution in [1.82, 2.24) is 9.29 Å². The number of sulfonamides is 1. The lowest BCUT2D eigenvalue weighted by molar-refractivity contribution is -0.114. The van der Waals surface area contributed by atoms with Crippen molar-refractivity contribution >= 4 is 21.6 Å². The number of likely N-dealkylation sites (N-methyl/N-ethyl adjacent to an activating group) is 1. The highest BCUT2D eigenvalue weighted by Crippen LogP contribution is 2.23. The van der Waals surface area contributed by atoms with Gasteiger partial charge in [0.05, 0.1) is 5.69 Å². The molecule has 0 aliphatic rings. The van der Waals surface area contributed by atoms with E-state index in [1.165, 1.54) is 24.3 Å². The van der Waals surface area contributed by atoms with Crippen LogP contribution in [0.5, 0.6) is 0 Å². The topological polar surface area (TPSA) is 79.4 Å². The van der Waals surface area contributed by atoms with Gasteiger partial charge in [-0.3, -0.25) is 9.78 Å². The summed E-state index contributed by atoms with van der Waals surface area (Å²) in [7, 11) is -2.15. The van der Waals surface area contributed by atoms with Gasteiger partial charge in [0.25, 0.3) is 0 Å². The predicted molar refractivity (Wildman–Crippen MR) is 88.5 cm³/mol. The number of hydrogen-bond acceptors (Lipinski definition) is 4. The van der Waals surface area contributed by atoms with E-state index in [0.29, 0.717) is 13.0 Å². The molecule has 0 bridgehead atoms. The molecule has 0 aliphatic carbocycles. The number of carbonyl (C=O) groups is 1. The molecule has 1 aromatic heterocycles. The van der Waals surface area contributed by atoms with E-state index in [9.17, 15) is 13.2 Å². The van der Waals surface area contributed by atoms with Gasteiger partial charge < -0.3 is 5.32 Å². The van der Waals surface area contributed by atoms with Crippen molar-refractivity contribution in [3.05, 3.63) is 54.4 Å². The second-order valence-corrected chi connectivity index (χ2v) is 7.12. The quantitative estimate of drug-likeness (QED) is 0.876. The van der Waals surface area contributed by atoms with E-state index in [1.54, 1.807) is 30.6 Å². The van der Waals surface area contributed by atoms with Gasteiger partial charge in [0.1, 0.15) is 4.90 Å². The van der Waals surface area contributed by atoms with E-state index >= 15 is 0 Å². The third-order valence-corrected chi connectivity index (χ3v) is 5.27. The van der Waals surface area contributed by atoms with Crippen LogP contribution < -0.4 is 5.32 Å². The van der Waals surface area contributed by atoms with Crippen molar-refractivity contribution in [3.8, 4) is 0 Å². The van der Waals surface area contributed by atoms with Crippen molar-refractivity contribution in [2.24, 2.45) is 0 Å². The summed E-state index contributed by atoms with van der Waals surface area (Å²) in [5.41, 5.74) is 1.30. The van der Waals surface area contributed by atoms with Crippen LogP contribution in [-0.2, 0) is 21.2 Å². The smallest absolute Gasteiger partial charge is 0.244 e. The normalized spacial score (nSPS) is 11.4. The molecule has 23 heavy (non-hydrogen) atoms. The number of pyridine rings is 1. The van der Waals surface area contributed by atoms with Crippen LogP contribution in [0.4, 0.5) is 5.69 Å². The highest BCUT2D eigenvalue weighted by Gasteiger charge is 2.23. The Labute approximate surface area is 136 Å². The number of hydrogen-bond donors (Lipinski definition) is 1. The summed E-state index contributed by atoms with van der Waals surface area (Å²) in [5, 5.41) is 2.56. The van der Waals surface area contributed by atoms with Crippen molar-refractivity contribution in [1.29, 1.82) is 0 Å². The first kappa shape index (κ1) is 17.1. The number of nitrogens with one attached hydrogen (secondary N) is 1.